The Balaban J connectivity index is 1.55. The molecule has 6 heteroatoms. The van der Waals surface area contributed by atoms with Gasteiger partial charge in [-0.2, -0.15) is 0 Å². The van der Waals surface area contributed by atoms with Crippen LogP contribution in [0.2, 0.25) is 0 Å². The maximum absolute atomic E-state index is 13.0. The van der Waals surface area contributed by atoms with Crippen molar-refractivity contribution < 1.29 is 13.2 Å². The minimum atomic E-state index is -3.72. The summed E-state index contributed by atoms with van der Waals surface area (Å²) in [6.07, 6.45) is 1.87. The lowest BCUT2D eigenvalue weighted by molar-refractivity contribution is 0.0985. The highest BCUT2D eigenvalue weighted by atomic mass is 32.2. The van der Waals surface area contributed by atoms with E-state index in [1.54, 1.807) is 29.2 Å². The number of sulfonamides is 1. The molecule has 1 amide bonds. The molecule has 4 rings (SSSR count). The Morgan fingerprint density at radius 3 is 2.34 bits per heavy atom. The molecule has 0 aromatic heterocycles. The van der Waals surface area contributed by atoms with Crippen LogP contribution in [0.1, 0.15) is 27.9 Å². The second kappa shape index (κ2) is 7.72. The molecule has 1 aliphatic rings. The first-order valence-corrected chi connectivity index (χ1v) is 11.0. The van der Waals surface area contributed by atoms with E-state index in [9.17, 15) is 13.2 Å². The standard InChI is InChI=1S/C23H22N2O3S/c1-17-8-12-20(13-9-17)24-29(27,28)21-14-10-19(11-15-21)23(26)25-16-4-6-18-5-2-3-7-22(18)25/h2-3,5,7-15,24H,4,6,16H2,1H3. The molecule has 3 aromatic carbocycles. The van der Waals surface area contributed by atoms with E-state index in [-0.39, 0.29) is 10.8 Å². The van der Waals surface area contributed by atoms with Gasteiger partial charge in [0.05, 0.1) is 4.90 Å². The SMILES string of the molecule is Cc1ccc(NS(=O)(=O)c2ccc(C(=O)N3CCCc4ccccc43)cc2)cc1. The molecule has 0 spiro atoms. The Morgan fingerprint density at radius 1 is 0.931 bits per heavy atom. The zero-order valence-corrected chi connectivity index (χ0v) is 16.9. The van der Waals surface area contributed by atoms with Crippen LogP contribution in [0.5, 0.6) is 0 Å². The summed E-state index contributed by atoms with van der Waals surface area (Å²) in [7, 11) is -3.72. The topological polar surface area (TPSA) is 66.5 Å². The molecule has 0 atom stereocenters. The largest absolute Gasteiger partial charge is 0.308 e. The van der Waals surface area contributed by atoms with Gasteiger partial charge in [0.25, 0.3) is 15.9 Å². The number of hydrogen-bond acceptors (Lipinski definition) is 3. The van der Waals surface area contributed by atoms with Gasteiger partial charge in [-0.1, -0.05) is 35.9 Å². The third-order valence-corrected chi connectivity index (χ3v) is 6.47. The number of aryl methyl sites for hydroxylation is 2. The van der Waals surface area contributed by atoms with Crippen LogP contribution in [-0.4, -0.2) is 20.9 Å². The molecule has 0 aliphatic carbocycles. The number of benzene rings is 3. The molecule has 29 heavy (non-hydrogen) atoms. The molecule has 1 heterocycles. The van der Waals surface area contributed by atoms with E-state index in [0.29, 0.717) is 17.8 Å². The normalized spacial score (nSPS) is 13.6. The number of nitrogens with zero attached hydrogens (tertiary/aromatic N) is 1. The van der Waals surface area contributed by atoms with Gasteiger partial charge in [0.2, 0.25) is 0 Å². The van der Waals surface area contributed by atoms with Crippen LogP contribution in [-0.2, 0) is 16.4 Å². The molecule has 0 saturated heterocycles. The minimum Gasteiger partial charge on any atom is -0.308 e. The smallest absolute Gasteiger partial charge is 0.261 e. The molecule has 0 bridgehead atoms. The zero-order valence-electron chi connectivity index (χ0n) is 16.1. The van der Waals surface area contributed by atoms with E-state index in [1.807, 2.05) is 43.3 Å². The fourth-order valence-corrected chi connectivity index (χ4v) is 4.57. The van der Waals surface area contributed by atoms with Crippen molar-refractivity contribution in [1.29, 1.82) is 0 Å². The predicted octanol–water partition coefficient (Wildman–Crippen LogP) is 4.39. The van der Waals surface area contributed by atoms with E-state index in [0.717, 1.165) is 29.7 Å². The third kappa shape index (κ3) is 4.03. The van der Waals surface area contributed by atoms with E-state index in [1.165, 1.54) is 12.1 Å². The van der Waals surface area contributed by atoms with Crippen molar-refractivity contribution in [2.24, 2.45) is 0 Å². The molecule has 148 valence electrons. The first kappa shape index (κ1) is 19.2. The van der Waals surface area contributed by atoms with Gasteiger partial charge in [-0.15, -0.1) is 0 Å². The van der Waals surface area contributed by atoms with Crippen molar-refractivity contribution in [3.8, 4) is 0 Å². The number of rotatable bonds is 4. The Bertz CT molecular complexity index is 1140. The highest BCUT2D eigenvalue weighted by Gasteiger charge is 2.24. The van der Waals surface area contributed by atoms with Gasteiger partial charge < -0.3 is 4.90 Å². The molecular formula is C23H22N2O3S. The van der Waals surface area contributed by atoms with Gasteiger partial charge in [0.1, 0.15) is 0 Å². The number of anilines is 2. The van der Waals surface area contributed by atoms with Gasteiger partial charge in [-0.25, -0.2) is 8.42 Å². The molecular weight excluding hydrogens is 384 g/mol. The van der Waals surface area contributed by atoms with Gasteiger partial charge in [-0.05, 0) is 67.8 Å². The van der Waals surface area contributed by atoms with Crippen LogP contribution in [0.25, 0.3) is 0 Å². The minimum absolute atomic E-state index is 0.118. The molecule has 5 nitrogen and oxygen atoms in total. The van der Waals surface area contributed by atoms with Crippen LogP contribution in [0.4, 0.5) is 11.4 Å². The van der Waals surface area contributed by atoms with Crippen molar-refractivity contribution in [3.63, 3.8) is 0 Å². The Morgan fingerprint density at radius 2 is 1.62 bits per heavy atom. The monoisotopic (exact) mass is 406 g/mol. The number of hydrogen-bond donors (Lipinski definition) is 1. The molecule has 0 radical (unpaired) electrons. The third-order valence-electron chi connectivity index (χ3n) is 5.07. The number of carbonyl (C=O) groups excluding carboxylic acids is 1. The van der Waals surface area contributed by atoms with Gasteiger partial charge in [0.15, 0.2) is 0 Å². The summed E-state index contributed by atoms with van der Waals surface area (Å²) >= 11 is 0. The first-order chi connectivity index (χ1) is 13.9. The average molecular weight is 407 g/mol. The average Bonchev–Trinajstić information content (AvgIpc) is 2.74. The van der Waals surface area contributed by atoms with Crippen molar-refractivity contribution in [2.45, 2.75) is 24.7 Å². The molecule has 3 aromatic rings. The summed E-state index contributed by atoms with van der Waals surface area (Å²) in [5.74, 6) is -0.118. The van der Waals surface area contributed by atoms with Gasteiger partial charge in [-0.3, -0.25) is 9.52 Å². The number of fused-ring (bicyclic) bond motifs is 1. The fourth-order valence-electron chi connectivity index (χ4n) is 3.51. The van der Waals surface area contributed by atoms with E-state index >= 15 is 0 Å². The number of para-hydroxylation sites is 1. The van der Waals surface area contributed by atoms with Crippen molar-refractivity contribution >= 4 is 27.3 Å². The summed E-state index contributed by atoms with van der Waals surface area (Å²) in [6, 6.07) is 21.1. The summed E-state index contributed by atoms with van der Waals surface area (Å²) in [6.45, 7) is 2.60. The predicted molar refractivity (Wildman–Crippen MR) is 115 cm³/mol. The van der Waals surface area contributed by atoms with Crippen LogP contribution in [0, 0.1) is 6.92 Å². The second-order valence-corrected chi connectivity index (χ2v) is 8.87. The van der Waals surface area contributed by atoms with E-state index in [2.05, 4.69) is 4.72 Å². The van der Waals surface area contributed by atoms with Crippen LogP contribution >= 0.6 is 0 Å². The summed E-state index contributed by atoms with van der Waals surface area (Å²) in [5.41, 5.74) is 4.11. The number of amides is 1. The molecule has 0 unspecified atom stereocenters. The molecule has 1 N–H and O–H groups in total. The number of nitrogens with one attached hydrogen (secondary N) is 1. The van der Waals surface area contributed by atoms with E-state index in [4.69, 9.17) is 0 Å². The zero-order chi connectivity index (χ0) is 20.4. The lowest BCUT2D eigenvalue weighted by Gasteiger charge is -2.29. The molecule has 0 fully saturated rings. The first-order valence-electron chi connectivity index (χ1n) is 9.53. The van der Waals surface area contributed by atoms with Gasteiger partial charge >= 0.3 is 0 Å². The quantitative estimate of drug-likeness (QED) is 0.699. The van der Waals surface area contributed by atoms with Crippen LogP contribution in [0.3, 0.4) is 0 Å². The summed E-state index contributed by atoms with van der Waals surface area (Å²) < 4.78 is 27.8. The van der Waals surface area contributed by atoms with Crippen LogP contribution < -0.4 is 9.62 Å². The maximum atomic E-state index is 13.0. The highest BCUT2D eigenvalue weighted by Crippen LogP contribution is 2.28. The fraction of sp³-hybridized carbons (Fsp3) is 0.174. The lowest BCUT2D eigenvalue weighted by Crippen LogP contribution is -2.35. The van der Waals surface area contributed by atoms with Gasteiger partial charge in [0, 0.05) is 23.5 Å². The van der Waals surface area contributed by atoms with Crippen molar-refractivity contribution in [2.75, 3.05) is 16.2 Å². The van der Waals surface area contributed by atoms with Crippen molar-refractivity contribution in [1.82, 2.24) is 0 Å². The highest BCUT2D eigenvalue weighted by molar-refractivity contribution is 7.92. The Labute approximate surface area is 171 Å². The molecule has 1 aliphatic heterocycles. The second-order valence-electron chi connectivity index (χ2n) is 7.18. The van der Waals surface area contributed by atoms with Crippen molar-refractivity contribution in [3.05, 3.63) is 89.5 Å². The Kier molecular flexibility index (Phi) is 5.11. The van der Waals surface area contributed by atoms with Crippen LogP contribution in [0.15, 0.2) is 77.7 Å². The summed E-state index contributed by atoms with van der Waals surface area (Å²) in [5, 5.41) is 0. The lowest BCUT2D eigenvalue weighted by atomic mass is 10.0. The van der Waals surface area contributed by atoms with E-state index < -0.39 is 10.0 Å². The number of carbonyl (C=O) groups is 1. The Hall–Kier alpha value is -3.12. The molecule has 0 saturated carbocycles. The summed E-state index contributed by atoms with van der Waals surface area (Å²) in [4.78, 5) is 14.9. The maximum Gasteiger partial charge on any atom is 0.261 e.